The van der Waals surface area contributed by atoms with E-state index < -0.39 is 0 Å². The molecule has 5 aliphatic carbocycles. The van der Waals surface area contributed by atoms with Gasteiger partial charge >= 0.3 is 0 Å². The lowest BCUT2D eigenvalue weighted by Gasteiger charge is -2.59. The Bertz CT molecular complexity index is 682. The van der Waals surface area contributed by atoms with E-state index in [0.29, 0.717) is 22.3 Å². The molecule has 6 aliphatic rings. The van der Waals surface area contributed by atoms with Gasteiger partial charge in [0.1, 0.15) is 0 Å². The lowest BCUT2D eigenvalue weighted by molar-refractivity contribution is -0.0810. The molecule has 1 nitrogen and oxygen atoms in total. The highest BCUT2D eigenvalue weighted by atomic mass is 16.6. The second-order valence-electron chi connectivity index (χ2n) is 13.2. The van der Waals surface area contributed by atoms with Crippen LogP contribution in [-0.2, 0) is 4.74 Å². The highest BCUT2D eigenvalue weighted by Gasteiger charge is 2.68. The molecule has 0 amide bonds. The van der Waals surface area contributed by atoms with E-state index in [1.807, 2.05) is 0 Å². The molecule has 0 aromatic carbocycles. The predicted molar refractivity (Wildman–Crippen MR) is 120 cm³/mol. The van der Waals surface area contributed by atoms with Gasteiger partial charge in [0, 0.05) is 5.41 Å². The Hall–Kier alpha value is -0.300. The topological polar surface area (TPSA) is 12.5 Å². The van der Waals surface area contributed by atoms with Gasteiger partial charge < -0.3 is 4.74 Å². The van der Waals surface area contributed by atoms with Gasteiger partial charge in [-0.2, -0.15) is 0 Å². The van der Waals surface area contributed by atoms with E-state index in [-0.39, 0.29) is 5.60 Å². The largest absolute Gasteiger partial charge is 0.366 e. The molecule has 0 radical (unpaired) electrons. The lowest BCUT2D eigenvalue weighted by atomic mass is 9.45. The fourth-order valence-corrected chi connectivity index (χ4v) is 9.94. The Labute approximate surface area is 179 Å². The Morgan fingerprint density at radius 2 is 1.62 bits per heavy atom. The van der Waals surface area contributed by atoms with Crippen LogP contribution in [0.3, 0.4) is 0 Å². The Balaban J connectivity index is 1.26. The molecule has 1 saturated heterocycles. The number of hydrogen-bond acceptors (Lipinski definition) is 1. The van der Waals surface area contributed by atoms with Crippen molar-refractivity contribution in [3.63, 3.8) is 0 Å². The molecule has 2 spiro atoms. The summed E-state index contributed by atoms with van der Waals surface area (Å²) in [4.78, 5) is 0. The van der Waals surface area contributed by atoms with E-state index in [9.17, 15) is 0 Å². The summed E-state index contributed by atoms with van der Waals surface area (Å²) >= 11 is 0. The number of fused-ring (bicyclic) bond motifs is 3. The van der Waals surface area contributed by atoms with Crippen LogP contribution in [0.4, 0.5) is 0 Å². The molecule has 6 rings (SSSR count). The van der Waals surface area contributed by atoms with Crippen molar-refractivity contribution in [2.45, 2.75) is 128 Å². The summed E-state index contributed by atoms with van der Waals surface area (Å²) in [5.74, 6) is 2.69. The summed E-state index contributed by atoms with van der Waals surface area (Å²) < 4.78 is 6.65. The molecule has 6 atom stereocenters. The van der Waals surface area contributed by atoms with Gasteiger partial charge in [-0.3, -0.25) is 0 Å². The van der Waals surface area contributed by atoms with Gasteiger partial charge in [-0.15, -0.1) is 0 Å². The normalized spacial score (nSPS) is 51.8. The zero-order valence-electron chi connectivity index (χ0n) is 19.2. The van der Waals surface area contributed by atoms with Crippen molar-refractivity contribution in [1.82, 2.24) is 0 Å². The summed E-state index contributed by atoms with van der Waals surface area (Å²) in [7, 11) is 0. The van der Waals surface area contributed by atoms with Crippen LogP contribution in [-0.4, -0.2) is 11.7 Å². The average molecular weight is 397 g/mol. The number of allylic oxidation sites excluding steroid dienone is 1. The standard InChI is InChI=1S/C28H44O/c1-20-17-28(16-15-27(19-28)12-7-8-13-27)24-26(3,29-24)14-11-23-22(20)18-25(23,2)21-9-5-4-6-10-21/h21-24H,1,4-19H2,2-3H3/t22-,23-,24-,25+,26-,28+/m1/s1. The molecule has 1 aliphatic heterocycles. The van der Waals surface area contributed by atoms with E-state index in [4.69, 9.17) is 11.3 Å². The van der Waals surface area contributed by atoms with Gasteiger partial charge in [-0.05, 0) is 106 Å². The van der Waals surface area contributed by atoms with Gasteiger partial charge in [0.15, 0.2) is 0 Å². The van der Waals surface area contributed by atoms with Crippen molar-refractivity contribution >= 4 is 0 Å². The Morgan fingerprint density at radius 1 is 0.862 bits per heavy atom. The minimum Gasteiger partial charge on any atom is -0.366 e. The van der Waals surface area contributed by atoms with Gasteiger partial charge in [0.25, 0.3) is 0 Å². The molecule has 29 heavy (non-hydrogen) atoms. The first-order valence-corrected chi connectivity index (χ1v) is 13.2. The monoisotopic (exact) mass is 396 g/mol. The van der Waals surface area contributed by atoms with Crippen molar-refractivity contribution in [2.75, 3.05) is 0 Å². The second-order valence-corrected chi connectivity index (χ2v) is 13.2. The molecular weight excluding hydrogens is 352 g/mol. The average Bonchev–Trinajstić information content (AvgIpc) is 3.04. The summed E-state index contributed by atoms with van der Waals surface area (Å²) in [5, 5.41) is 0. The first kappa shape index (κ1) is 19.4. The third-order valence-corrected chi connectivity index (χ3v) is 11.6. The van der Waals surface area contributed by atoms with E-state index >= 15 is 0 Å². The Morgan fingerprint density at radius 3 is 2.38 bits per heavy atom. The second kappa shape index (κ2) is 6.36. The fourth-order valence-electron chi connectivity index (χ4n) is 9.94. The maximum Gasteiger partial charge on any atom is 0.0930 e. The van der Waals surface area contributed by atoms with Crippen molar-refractivity contribution in [3.05, 3.63) is 12.2 Å². The number of ether oxygens (including phenoxy) is 1. The van der Waals surface area contributed by atoms with Gasteiger partial charge in [-0.1, -0.05) is 51.2 Å². The first-order valence-electron chi connectivity index (χ1n) is 13.2. The van der Waals surface area contributed by atoms with E-state index in [0.717, 1.165) is 17.8 Å². The third-order valence-electron chi connectivity index (χ3n) is 11.6. The number of hydrogen-bond donors (Lipinski definition) is 0. The van der Waals surface area contributed by atoms with Crippen molar-refractivity contribution in [3.8, 4) is 0 Å². The van der Waals surface area contributed by atoms with Gasteiger partial charge in [-0.25, -0.2) is 0 Å². The van der Waals surface area contributed by atoms with Crippen LogP contribution in [0.5, 0.6) is 0 Å². The maximum atomic E-state index is 6.65. The van der Waals surface area contributed by atoms with Crippen molar-refractivity contribution in [1.29, 1.82) is 0 Å². The fraction of sp³-hybridized carbons (Fsp3) is 0.929. The van der Waals surface area contributed by atoms with Crippen LogP contribution in [0, 0.1) is 34.0 Å². The summed E-state index contributed by atoms with van der Waals surface area (Å²) in [5.41, 5.74) is 3.52. The molecule has 1 heterocycles. The van der Waals surface area contributed by atoms with Crippen LogP contribution in [0.1, 0.15) is 117 Å². The Kier molecular flexibility index (Phi) is 4.26. The molecule has 0 aromatic heterocycles. The minimum atomic E-state index is 0.183. The molecule has 6 fully saturated rings. The summed E-state index contributed by atoms with van der Waals surface area (Å²) in [6, 6.07) is 0. The summed E-state index contributed by atoms with van der Waals surface area (Å²) in [6.45, 7) is 9.94. The maximum absolute atomic E-state index is 6.65. The molecule has 1 heteroatoms. The highest BCUT2D eigenvalue weighted by molar-refractivity contribution is 5.24. The van der Waals surface area contributed by atoms with Gasteiger partial charge in [0.2, 0.25) is 0 Å². The van der Waals surface area contributed by atoms with Crippen LogP contribution < -0.4 is 0 Å². The van der Waals surface area contributed by atoms with E-state index in [1.165, 1.54) is 103 Å². The third kappa shape index (κ3) is 2.81. The number of epoxide rings is 1. The van der Waals surface area contributed by atoms with Crippen LogP contribution in [0.15, 0.2) is 12.2 Å². The predicted octanol–water partition coefficient (Wildman–Crippen LogP) is 7.84. The minimum absolute atomic E-state index is 0.183. The van der Waals surface area contributed by atoms with Crippen LogP contribution >= 0.6 is 0 Å². The number of rotatable bonds is 1. The molecule has 162 valence electrons. The molecule has 0 bridgehead atoms. The zero-order valence-corrected chi connectivity index (χ0v) is 19.2. The molecule has 0 aromatic rings. The summed E-state index contributed by atoms with van der Waals surface area (Å²) in [6.07, 6.45) is 23.7. The first-order chi connectivity index (χ1) is 13.9. The highest BCUT2D eigenvalue weighted by Crippen LogP contribution is 2.70. The van der Waals surface area contributed by atoms with Gasteiger partial charge in [0.05, 0.1) is 11.7 Å². The van der Waals surface area contributed by atoms with Crippen LogP contribution in [0.2, 0.25) is 0 Å². The molecule has 0 N–H and O–H groups in total. The quantitative estimate of drug-likeness (QED) is 0.325. The molecular formula is C28H44O. The van der Waals surface area contributed by atoms with Crippen molar-refractivity contribution in [2.24, 2.45) is 34.0 Å². The molecule has 5 saturated carbocycles. The van der Waals surface area contributed by atoms with Crippen molar-refractivity contribution < 1.29 is 4.74 Å². The molecule has 0 unspecified atom stereocenters. The SMILES string of the molecule is C=C1C[C@]2(CCC3(CCCC3)C2)[C@@H]2O[C@]2(C)CC[C@@H]2[C@@H]1C[C@@]2(C)C1CCCCC1. The lowest BCUT2D eigenvalue weighted by Crippen LogP contribution is -2.52. The van der Waals surface area contributed by atoms with E-state index in [2.05, 4.69) is 13.8 Å². The van der Waals surface area contributed by atoms with E-state index in [1.54, 1.807) is 5.57 Å². The smallest absolute Gasteiger partial charge is 0.0930 e. The van der Waals surface area contributed by atoms with Crippen LogP contribution in [0.25, 0.3) is 0 Å². The zero-order chi connectivity index (χ0) is 19.9.